The normalized spacial score (nSPS) is 20.9. The number of amides is 3. The number of benzene rings is 2. The first-order chi connectivity index (χ1) is 15.3. The Bertz CT molecular complexity index is 1030. The summed E-state index contributed by atoms with van der Waals surface area (Å²) in [4.78, 5) is 42.9. The second-order valence-corrected chi connectivity index (χ2v) is 8.54. The molecular formula is C23H24ClN3O5. The van der Waals surface area contributed by atoms with Crippen LogP contribution in [0.15, 0.2) is 48.5 Å². The van der Waals surface area contributed by atoms with E-state index < -0.39 is 11.6 Å². The molecule has 2 aliphatic heterocycles. The Balaban J connectivity index is 1.63. The minimum atomic E-state index is -1.22. The molecule has 0 bridgehead atoms. The first kappa shape index (κ1) is 22.0. The molecule has 8 nitrogen and oxygen atoms in total. The van der Waals surface area contributed by atoms with E-state index in [0.717, 1.165) is 11.1 Å². The van der Waals surface area contributed by atoms with Gasteiger partial charge in [-0.1, -0.05) is 35.9 Å². The minimum Gasteiger partial charge on any atom is -0.497 e. The van der Waals surface area contributed by atoms with Gasteiger partial charge in [0.2, 0.25) is 5.91 Å². The highest BCUT2D eigenvalue weighted by Gasteiger charge is 2.56. The number of rotatable bonds is 5. The van der Waals surface area contributed by atoms with Crippen LogP contribution >= 0.6 is 11.6 Å². The monoisotopic (exact) mass is 457 g/mol. The quantitative estimate of drug-likeness (QED) is 0.745. The summed E-state index contributed by atoms with van der Waals surface area (Å²) < 4.78 is 5.17. The molecule has 32 heavy (non-hydrogen) atoms. The zero-order valence-corrected chi connectivity index (χ0v) is 18.4. The first-order valence-electron chi connectivity index (χ1n) is 10.3. The van der Waals surface area contributed by atoms with Crippen molar-refractivity contribution in [3.8, 4) is 5.75 Å². The van der Waals surface area contributed by atoms with Gasteiger partial charge >= 0.3 is 6.09 Å². The zero-order valence-electron chi connectivity index (χ0n) is 17.7. The molecular weight excluding hydrogens is 434 g/mol. The molecule has 2 heterocycles. The van der Waals surface area contributed by atoms with Crippen LogP contribution in [0.3, 0.4) is 0 Å². The molecule has 0 radical (unpaired) electrons. The summed E-state index contributed by atoms with van der Waals surface area (Å²) in [7, 11) is 1.58. The molecule has 9 heteroatoms. The van der Waals surface area contributed by atoms with E-state index in [-0.39, 0.29) is 51.0 Å². The van der Waals surface area contributed by atoms with E-state index in [0.29, 0.717) is 10.8 Å². The number of carbonyl (C=O) groups excluding carboxylic acids is 2. The third-order valence-corrected chi connectivity index (χ3v) is 6.39. The molecule has 0 saturated carbocycles. The Labute approximate surface area is 190 Å². The van der Waals surface area contributed by atoms with Crippen molar-refractivity contribution in [1.29, 1.82) is 0 Å². The smallest absolute Gasteiger partial charge is 0.407 e. The standard InChI is InChI=1S/C23H24ClN3O5/c1-32-19-8-4-16(5-9-19)12-26-14-20(28)27(13-17-2-6-18(24)7-3-17)23(21(26)29)10-11-25(15-23)22(30)31/h2-9H,10-15H2,1H3,(H,30,31). The Morgan fingerprint density at radius 1 is 1.06 bits per heavy atom. The molecule has 0 aromatic heterocycles. The summed E-state index contributed by atoms with van der Waals surface area (Å²) >= 11 is 5.97. The molecule has 1 spiro atoms. The van der Waals surface area contributed by atoms with Crippen molar-refractivity contribution in [2.24, 2.45) is 0 Å². The predicted octanol–water partition coefficient (Wildman–Crippen LogP) is 2.84. The summed E-state index contributed by atoms with van der Waals surface area (Å²) in [5, 5.41) is 10.1. The van der Waals surface area contributed by atoms with Gasteiger partial charge in [0.05, 0.1) is 13.7 Å². The van der Waals surface area contributed by atoms with Crippen molar-refractivity contribution in [2.45, 2.75) is 25.0 Å². The topological polar surface area (TPSA) is 90.4 Å². The van der Waals surface area contributed by atoms with Crippen molar-refractivity contribution < 1.29 is 24.2 Å². The fourth-order valence-electron chi connectivity index (χ4n) is 4.41. The van der Waals surface area contributed by atoms with Crippen LogP contribution in [0.4, 0.5) is 4.79 Å². The van der Waals surface area contributed by atoms with E-state index in [1.165, 1.54) is 9.80 Å². The van der Waals surface area contributed by atoms with Crippen molar-refractivity contribution in [3.05, 3.63) is 64.7 Å². The molecule has 1 N–H and O–H groups in total. The molecule has 3 amide bonds. The van der Waals surface area contributed by atoms with Gasteiger partial charge in [-0.25, -0.2) is 4.79 Å². The molecule has 2 aromatic rings. The summed E-state index contributed by atoms with van der Waals surface area (Å²) in [6.07, 6.45) is -0.836. The summed E-state index contributed by atoms with van der Waals surface area (Å²) in [5.74, 6) is 0.263. The van der Waals surface area contributed by atoms with Crippen molar-refractivity contribution in [3.63, 3.8) is 0 Å². The van der Waals surface area contributed by atoms with Crippen molar-refractivity contribution in [1.82, 2.24) is 14.7 Å². The van der Waals surface area contributed by atoms with Gasteiger partial charge in [-0.15, -0.1) is 0 Å². The molecule has 0 aliphatic carbocycles. The van der Waals surface area contributed by atoms with E-state index in [1.807, 2.05) is 12.1 Å². The van der Waals surface area contributed by atoms with Gasteiger partial charge in [0.25, 0.3) is 5.91 Å². The van der Waals surface area contributed by atoms with Crippen LogP contribution in [0, 0.1) is 0 Å². The lowest BCUT2D eigenvalue weighted by Gasteiger charge is -2.47. The van der Waals surface area contributed by atoms with E-state index in [4.69, 9.17) is 16.3 Å². The molecule has 2 aromatic carbocycles. The third-order valence-electron chi connectivity index (χ3n) is 6.13. The fourth-order valence-corrected chi connectivity index (χ4v) is 4.54. The van der Waals surface area contributed by atoms with E-state index >= 15 is 0 Å². The average Bonchev–Trinajstić information content (AvgIpc) is 3.23. The molecule has 168 valence electrons. The number of hydrogen-bond acceptors (Lipinski definition) is 4. The van der Waals surface area contributed by atoms with E-state index in [1.54, 1.807) is 48.4 Å². The third kappa shape index (κ3) is 4.10. The Hall–Kier alpha value is -3.26. The minimum absolute atomic E-state index is 0.0421. The van der Waals surface area contributed by atoms with Crippen LogP contribution in [0.5, 0.6) is 5.75 Å². The second-order valence-electron chi connectivity index (χ2n) is 8.10. The molecule has 1 unspecified atom stereocenters. The maximum Gasteiger partial charge on any atom is 0.407 e. The van der Waals surface area contributed by atoms with Gasteiger partial charge in [0.1, 0.15) is 17.8 Å². The number of halogens is 1. The number of methoxy groups -OCH3 is 1. The van der Waals surface area contributed by atoms with Gasteiger partial charge in [-0.05, 0) is 41.8 Å². The zero-order chi connectivity index (χ0) is 22.9. The predicted molar refractivity (Wildman–Crippen MR) is 117 cm³/mol. The molecule has 1 atom stereocenters. The summed E-state index contributed by atoms with van der Waals surface area (Å²) in [5.41, 5.74) is 0.466. The van der Waals surface area contributed by atoms with E-state index in [2.05, 4.69) is 0 Å². The number of piperazine rings is 1. The lowest BCUT2D eigenvalue weighted by molar-refractivity contribution is -0.165. The van der Waals surface area contributed by atoms with Crippen LogP contribution in [-0.4, -0.2) is 70.0 Å². The van der Waals surface area contributed by atoms with Crippen LogP contribution in [0.2, 0.25) is 5.02 Å². The second kappa shape index (κ2) is 8.70. The van der Waals surface area contributed by atoms with Crippen LogP contribution in [0.25, 0.3) is 0 Å². The first-order valence-corrected chi connectivity index (χ1v) is 10.7. The highest BCUT2D eigenvalue weighted by Crippen LogP contribution is 2.35. The lowest BCUT2D eigenvalue weighted by atomic mass is 9.90. The number of carboxylic acid groups (broad SMARTS) is 1. The Morgan fingerprint density at radius 2 is 1.69 bits per heavy atom. The highest BCUT2D eigenvalue weighted by atomic mass is 35.5. The summed E-state index contributed by atoms with van der Waals surface area (Å²) in [6.45, 7) is 0.568. The SMILES string of the molecule is COc1ccc(CN2CC(=O)N(Cc3ccc(Cl)cc3)C3(CCN(C(=O)O)C3)C2=O)cc1. The average molecular weight is 458 g/mol. The number of hydrogen-bond donors (Lipinski definition) is 1. The van der Waals surface area contributed by atoms with Gasteiger partial charge in [-0.2, -0.15) is 0 Å². The number of ether oxygens (including phenoxy) is 1. The van der Waals surface area contributed by atoms with Crippen molar-refractivity contribution in [2.75, 3.05) is 26.7 Å². The van der Waals surface area contributed by atoms with Crippen molar-refractivity contribution >= 4 is 29.5 Å². The van der Waals surface area contributed by atoms with E-state index in [9.17, 15) is 19.5 Å². The van der Waals surface area contributed by atoms with Crippen LogP contribution in [0.1, 0.15) is 17.5 Å². The molecule has 2 aliphatic rings. The fraction of sp³-hybridized carbons (Fsp3) is 0.348. The van der Waals surface area contributed by atoms with Gasteiger partial charge < -0.3 is 24.5 Å². The maximum absolute atomic E-state index is 13.7. The van der Waals surface area contributed by atoms with Gasteiger partial charge in [0.15, 0.2) is 0 Å². The Kier molecular flexibility index (Phi) is 5.97. The van der Waals surface area contributed by atoms with Crippen LogP contribution < -0.4 is 4.74 Å². The number of likely N-dealkylation sites (tertiary alicyclic amines) is 1. The van der Waals surface area contributed by atoms with Gasteiger partial charge in [-0.3, -0.25) is 9.59 Å². The Morgan fingerprint density at radius 3 is 2.28 bits per heavy atom. The maximum atomic E-state index is 13.7. The van der Waals surface area contributed by atoms with Crippen LogP contribution in [-0.2, 0) is 22.7 Å². The molecule has 2 fully saturated rings. The molecule has 2 saturated heterocycles. The lowest BCUT2D eigenvalue weighted by Crippen LogP contribution is -2.68. The number of nitrogens with zero attached hydrogens (tertiary/aromatic N) is 3. The molecule has 4 rings (SSSR count). The highest BCUT2D eigenvalue weighted by molar-refractivity contribution is 6.30. The largest absolute Gasteiger partial charge is 0.497 e. The summed E-state index contributed by atoms with van der Waals surface area (Å²) in [6, 6.07) is 14.4. The van der Waals surface area contributed by atoms with Gasteiger partial charge in [0, 0.05) is 24.7 Å². The number of carbonyl (C=O) groups is 3.